The summed E-state index contributed by atoms with van der Waals surface area (Å²) in [5.74, 6) is 0.0279. The highest BCUT2D eigenvalue weighted by Crippen LogP contribution is 2.20. The Hall–Kier alpha value is -1.25. The maximum atomic E-state index is 10.9. The lowest BCUT2D eigenvalue weighted by Gasteiger charge is -2.22. The van der Waals surface area contributed by atoms with Crippen molar-refractivity contribution in [3.63, 3.8) is 0 Å². The van der Waals surface area contributed by atoms with Crippen LogP contribution in [0.1, 0.15) is 25.8 Å². The predicted molar refractivity (Wildman–Crippen MR) is 50.4 cm³/mol. The van der Waals surface area contributed by atoms with Gasteiger partial charge in [0, 0.05) is 25.3 Å². The molecule has 1 aliphatic carbocycles. The maximum Gasteiger partial charge on any atom is 0.217 e. The van der Waals surface area contributed by atoms with Gasteiger partial charge in [-0.1, -0.05) is 0 Å². The largest absolute Gasteiger partial charge is 0.367 e. The number of aromatic nitrogens is 1. The molecule has 1 atom stereocenters. The second kappa shape index (κ2) is 3.24. The molecule has 1 aromatic rings. The molecule has 3 nitrogen and oxygen atoms in total. The van der Waals surface area contributed by atoms with Crippen molar-refractivity contribution in [2.75, 3.05) is 0 Å². The highest BCUT2D eigenvalue weighted by atomic mass is 16.1. The van der Waals surface area contributed by atoms with Gasteiger partial charge in [-0.25, -0.2) is 0 Å². The van der Waals surface area contributed by atoms with E-state index in [1.54, 1.807) is 6.92 Å². The van der Waals surface area contributed by atoms with Gasteiger partial charge in [0.2, 0.25) is 5.91 Å². The third-order valence-electron chi connectivity index (χ3n) is 2.47. The quantitative estimate of drug-likeness (QED) is 0.664. The summed E-state index contributed by atoms with van der Waals surface area (Å²) in [5, 5.41) is 2.92. The molecule has 0 spiro atoms. The fourth-order valence-electron chi connectivity index (χ4n) is 1.88. The summed E-state index contributed by atoms with van der Waals surface area (Å²) in [6.07, 6.45) is 5.09. The number of rotatable bonds is 1. The van der Waals surface area contributed by atoms with Gasteiger partial charge < -0.3 is 10.3 Å². The molecule has 1 heterocycles. The lowest BCUT2D eigenvalue weighted by Crippen LogP contribution is -2.37. The highest BCUT2D eigenvalue weighted by Gasteiger charge is 2.19. The van der Waals surface area contributed by atoms with Crippen molar-refractivity contribution in [2.24, 2.45) is 0 Å². The molecule has 0 aromatic carbocycles. The maximum absolute atomic E-state index is 10.9. The summed E-state index contributed by atoms with van der Waals surface area (Å²) in [5.41, 5.74) is 2.30. The second-order valence-corrected chi connectivity index (χ2v) is 3.56. The Labute approximate surface area is 78.9 Å². The molecule has 1 aromatic heterocycles. The van der Waals surface area contributed by atoms with Crippen molar-refractivity contribution in [3.8, 4) is 0 Å². The number of carbonyl (C=O) groups excluding carboxylic acids is 1. The first-order valence-corrected chi connectivity index (χ1v) is 4.59. The van der Waals surface area contributed by atoms with Crippen LogP contribution in [0.3, 0.4) is 0 Å². The Morgan fingerprint density at radius 1 is 1.77 bits per heavy atom. The van der Waals surface area contributed by atoms with E-state index in [0.29, 0.717) is 6.17 Å². The van der Waals surface area contributed by atoms with Gasteiger partial charge >= 0.3 is 0 Å². The first-order chi connectivity index (χ1) is 6.66. The van der Waals surface area contributed by atoms with E-state index in [1.165, 1.54) is 5.56 Å². The Kier molecular flexibility index (Phi) is 1.79. The summed E-state index contributed by atoms with van der Waals surface area (Å²) >= 11 is 0. The van der Waals surface area contributed by atoms with E-state index in [0.717, 1.165) is 24.8 Å². The third-order valence-corrected chi connectivity index (χ3v) is 2.47. The second-order valence-electron chi connectivity index (χ2n) is 3.56. The molecule has 1 unspecified atom stereocenters. The number of amides is 1. The number of aromatic amines is 1. The SMILES string of the molecule is [2H]c1[nH]cc2c1CCC(NC(C)=O)C2. The lowest BCUT2D eigenvalue weighted by molar-refractivity contribution is -0.119. The molecule has 2 N–H and O–H groups in total. The van der Waals surface area contributed by atoms with Crippen LogP contribution >= 0.6 is 0 Å². The Bertz CT molecular complexity index is 359. The molecule has 0 radical (unpaired) electrons. The molecule has 0 fully saturated rings. The van der Waals surface area contributed by atoms with E-state index in [1.807, 2.05) is 6.20 Å². The first-order valence-electron chi connectivity index (χ1n) is 5.09. The summed E-state index contributed by atoms with van der Waals surface area (Å²) in [6, 6.07) is 0.246. The van der Waals surface area contributed by atoms with Crippen molar-refractivity contribution in [1.82, 2.24) is 10.3 Å². The molecule has 0 saturated heterocycles. The molecule has 13 heavy (non-hydrogen) atoms. The zero-order valence-electron chi connectivity index (χ0n) is 8.68. The van der Waals surface area contributed by atoms with E-state index in [4.69, 9.17) is 1.37 Å². The van der Waals surface area contributed by atoms with Crippen LogP contribution in [-0.2, 0) is 17.6 Å². The fourth-order valence-corrected chi connectivity index (χ4v) is 1.88. The number of hydrogen-bond donors (Lipinski definition) is 2. The van der Waals surface area contributed by atoms with Gasteiger partial charge in [0.15, 0.2) is 0 Å². The van der Waals surface area contributed by atoms with Gasteiger partial charge in [0.1, 0.15) is 0 Å². The molecule has 1 amide bonds. The van der Waals surface area contributed by atoms with E-state index in [-0.39, 0.29) is 11.9 Å². The zero-order chi connectivity index (χ0) is 10.1. The van der Waals surface area contributed by atoms with E-state index in [2.05, 4.69) is 10.3 Å². The number of hydrogen-bond acceptors (Lipinski definition) is 1. The lowest BCUT2D eigenvalue weighted by atomic mass is 9.91. The minimum absolute atomic E-state index is 0.0279. The van der Waals surface area contributed by atoms with Crippen molar-refractivity contribution in [3.05, 3.63) is 23.5 Å². The highest BCUT2D eigenvalue weighted by molar-refractivity contribution is 5.73. The number of fused-ring (bicyclic) bond motifs is 1. The molecule has 70 valence electrons. The molecule has 2 rings (SSSR count). The van der Waals surface area contributed by atoms with Crippen LogP contribution in [0.4, 0.5) is 0 Å². The molecule has 1 aliphatic rings. The van der Waals surface area contributed by atoms with Crippen LogP contribution in [0.15, 0.2) is 12.4 Å². The van der Waals surface area contributed by atoms with Crippen LogP contribution in [0.25, 0.3) is 0 Å². The third kappa shape index (κ3) is 1.74. The Balaban J connectivity index is 2.10. The minimum atomic E-state index is 0.0279. The van der Waals surface area contributed by atoms with E-state index < -0.39 is 0 Å². The van der Waals surface area contributed by atoms with Gasteiger partial charge in [-0.05, 0) is 30.4 Å². The normalized spacial score (nSPS) is 21.9. The number of nitrogens with one attached hydrogen (secondary N) is 2. The van der Waals surface area contributed by atoms with Gasteiger partial charge in [-0.2, -0.15) is 0 Å². The van der Waals surface area contributed by atoms with E-state index >= 15 is 0 Å². The molecule has 3 heteroatoms. The van der Waals surface area contributed by atoms with Crippen LogP contribution in [-0.4, -0.2) is 16.9 Å². The minimum Gasteiger partial charge on any atom is -0.367 e. The van der Waals surface area contributed by atoms with Crippen molar-refractivity contribution < 1.29 is 6.17 Å². The standard InChI is InChI=1S/C10H14N2O/c1-7(13)12-10-3-2-8-5-11-6-9(8)4-10/h5-6,10-11H,2-4H2,1H3,(H,12,13)/i5D. The van der Waals surface area contributed by atoms with Crippen LogP contribution in [0.5, 0.6) is 0 Å². The topological polar surface area (TPSA) is 44.9 Å². The van der Waals surface area contributed by atoms with Crippen molar-refractivity contribution in [2.45, 2.75) is 32.2 Å². The first kappa shape index (κ1) is 7.18. The Morgan fingerprint density at radius 2 is 2.62 bits per heavy atom. The van der Waals surface area contributed by atoms with Crippen LogP contribution in [0.2, 0.25) is 0 Å². The van der Waals surface area contributed by atoms with Gasteiger partial charge in [-0.3, -0.25) is 4.79 Å². The van der Waals surface area contributed by atoms with Crippen molar-refractivity contribution in [1.29, 1.82) is 0 Å². The molecule has 0 aliphatic heterocycles. The predicted octanol–water partition coefficient (Wildman–Crippen LogP) is 1.01. The van der Waals surface area contributed by atoms with Gasteiger partial charge in [0.05, 0.1) is 1.37 Å². The molecule has 0 saturated carbocycles. The van der Waals surface area contributed by atoms with Crippen LogP contribution in [0, 0.1) is 0 Å². The summed E-state index contributed by atoms with van der Waals surface area (Å²) in [7, 11) is 0. The summed E-state index contributed by atoms with van der Waals surface area (Å²) < 4.78 is 7.59. The molecular weight excluding hydrogens is 164 g/mol. The summed E-state index contributed by atoms with van der Waals surface area (Å²) in [6.45, 7) is 1.54. The number of H-pyrrole nitrogens is 1. The van der Waals surface area contributed by atoms with E-state index in [9.17, 15) is 4.79 Å². The van der Waals surface area contributed by atoms with Gasteiger partial charge in [0.25, 0.3) is 0 Å². The van der Waals surface area contributed by atoms with Crippen LogP contribution < -0.4 is 5.32 Å². The van der Waals surface area contributed by atoms with Crippen molar-refractivity contribution >= 4 is 5.91 Å². The fraction of sp³-hybridized carbons (Fsp3) is 0.500. The number of carbonyl (C=O) groups is 1. The van der Waals surface area contributed by atoms with Gasteiger partial charge in [-0.15, -0.1) is 0 Å². The average Bonchev–Trinajstić information content (AvgIpc) is 2.46. The average molecular weight is 179 g/mol. The Morgan fingerprint density at radius 3 is 3.38 bits per heavy atom. The summed E-state index contributed by atoms with van der Waals surface area (Å²) in [4.78, 5) is 13.8. The molecular formula is C10H14N2O. The zero-order valence-corrected chi connectivity index (χ0v) is 7.68. The monoisotopic (exact) mass is 179 g/mol. The molecule has 0 bridgehead atoms. The smallest absolute Gasteiger partial charge is 0.217 e.